The summed E-state index contributed by atoms with van der Waals surface area (Å²) >= 11 is 6.03. The fraction of sp³-hybridized carbons (Fsp3) is 0.269. The summed E-state index contributed by atoms with van der Waals surface area (Å²) in [5.74, 6) is 1.60. The van der Waals surface area contributed by atoms with Gasteiger partial charge < -0.3 is 14.8 Å². The van der Waals surface area contributed by atoms with E-state index in [9.17, 15) is 4.79 Å². The minimum absolute atomic E-state index is 0.0142. The van der Waals surface area contributed by atoms with Gasteiger partial charge in [0.15, 0.2) is 17.3 Å². The molecule has 0 aliphatic heterocycles. The largest absolute Gasteiger partial charge is 0.493 e. The van der Waals surface area contributed by atoms with Gasteiger partial charge in [-0.15, -0.1) is 0 Å². The molecule has 0 saturated heterocycles. The van der Waals surface area contributed by atoms with E-state index in [-0.39, 0.29) is 11.8 Å². The van der Waals surface area contributed by atoms with Gasteiger partial charge in [-0.1, -0.05) is 49.7 Å². The quantitative estimate of drug-likeness (QED) is 0.369. The summed E-state index contributed by atoms with van der Waals surface area (Å²) in [6.07, 6.45) is 0.291. The minimum Gasteiger partial charge on any atom is -0.493 e. The van der Waals surface area contributed by atoms with Crippen molar-refractivity contribution in [2.24, 2.45) is 0 Å². The van der Waals surface area contributed by atoms with Crippen LogP contribution < -0.4 is 14.8 Å². The molecule has 0 aliphatic rings. The van der Waals surface area contributed by atoms with Crippen LogP contribution in [-0.4, -0.2) is 20.0 Å². The van der Waals surface area contributed by atoms with Crippen LogP contribution in [0.3, 0.4) is 0 Å². The topological polar surface area (TPSA) is 47.6 Å². The number of benzene rings is 3. The Morgan fingerprint density at radius 3 is 2.06 bits per heavy atom. The van der Waals surface area contributed by atoms with Gasteiger partial charge in [0.2, 0.25) is 0 Å². The second-order valence-corrected chi connectivity index (χ2v) is 8.16. The maximum Gasteiger partial charge on any atom is 0.165 e. The standard InChI is InChI=1S/C26H28ClNO3/c1-17(2)18-5-7-19(8-6-18)23(28-22-12-10-21(27)11-13-22)16-24(29)20-9-14-25(30-3)26(15-20)31-4/h5-15,17,23,28H,16H2,1-4H3. The average Bonchev–Trinajstić information content (AvgIpc) is 2.79. The Morgan fingerprint density at radius 1 is 0.871 bits per heavy atom. The summed E-state index contributed by atoms with van der Waals surface area (Å²) in [5.41, 5.74) is 3.80. The lowest BCUT2D eigenvalue weighted by atomic mass is 9.94. The number of ketones is 1. The van der Waals surface area contributed by atoms with Gasteiger partial charge in [-0.2, -0.15) is 0 Å². The van der Waals surface area contributed by atoms with Gasteiger partial charge in [-0.3, -0.25) is 4.79 Å². The summed E-state index contributed by atoms with van der Waals surface area (Å²) in [6, 6.07) is 21.0. The molecule has 31 heavy (non-hydrogen) atoms. The fourth-order valence-corrected chi connectivity index (χ4v) is 3.55. The lowest BCUT2D eigenvalue weighted by Crippen LogP contribution is -2.16. The van der Waals surface area contributed by atoms with Gasteiger partial charge in [0.1, 0.15) is 0 Å². The molecule has 0 radical (unpaired) electrons. The highest BCUT2D eigenvalue weighted by molar-refractivity contribution is 6.30. The number of hydrogen-bond donors (Lipinski definition) is 1. The van der Waals surface area contributed by atoms with Crippen molar-refractivity contribution in [2.75, 3.05) is 19.5 Å². The molecule has 5 heteroatoms. The van der Waals surface area contributed by atoms with Crippen molar-refractivity contribution >= 4 is 23.1 Å². The molecule has 1 atom stereocenters. The number of Topliss-reactive ketones (excluding diaryl/α,β-unsaturated/α-hetero) is 1. The number of anilines is 1. The molecule has 3 rings (SSSR count). The summed E-state index contributed by atoms with van der Waals surface area (Å²) < 4.78 is 10.6. The van der Waals surface area contributed by atoms with E-state index in [4.69, 9.17) is 21.1 Å². The Labute approximate surface area is 189 Å². The Bertz CT molecular complexity index is 1010. The third-order valence-corrected chi connectivity index (χ3v) is 5.54. The first kappa shape index (κ1) is 22.7. The number of carbonyl (C=O) groups is 1. The van der Waals surface area contributed by atoms with E-state index in [1.54, 1.807) is 32.4 Å². The molecule has 0 bridgehead atoms. The second-order valence-electron chi connectivity index (χ2n) is 7.72. The van der Waals surface area contributed by atoms with Gasteiger partial charge in [-0.25, -0.2) is 0 Å². The Balaban J connectivity index is 1.88. The van der Waals surface area contributed by atoms with E-state index >= 15 is 0 Å². The highest BCUT2D eigenvalue weighted by Gasteiger charge is 2.19. The van der Waals surface area contributed by atoms with Crippen LogP contribution in [0.1, 0.15) is 53.7 Å². The number of carbonyl (C=O) groups excluding carboxylic acids is 1. The Morgan fingerprint density at radius 2 is 1.48 bits per heavy atom. The molecule has 0 aromatic heterocycles. The molecule has 1 N–H and O–H groups in total. The van der Waals surface area contributed by atoms with Gasteiger partial charge >= 0.3 is 0 Å². The third-order valence-electron chi connectivity index (χ3n) is 5.29. The number of ether oxygens (including phenoxy) is 2. The molecular formula is C26H28ClNO3. The van der Waals surface area contributed by atoms with Crippen LogP contribution in [0.4, 0.5) is 5.69 Å². The fourth-order valence-electron chi connectivity index (χ4n) is 3.43. The molecule has 0 saturated carbocycles. The van der Waals surface area contributed by atoms with E-state index in [1.165, 1.54) is 5.56 Å². The van der Waals surface area contributed by atoms with Crippen molar-refractivity contribution in [1.82, 2.24) is 0 Å². The first-order valence-electron chi connectivity index (χ1n) is 10.3. The summed E-state index contributed by atoms with van der Waals surface area (Å²) in [7, 11) is 3.14. The van der Waals surface area contributed by atoms with E-state index < -0.39 is 0 Å². The molecule has 0 aliphatic carbocycles. The van der Waals surface area contributed by atoms with Gasteiger partial charge in [0.25, 0.3) is 0 Å². The molecule has 0 amide bonds. The highest BCUT2D eigenvalue weighted by atomic mass is 35.5. The van der Waals surface area contributed by atoms with Crippen LogP contribution >= 0.6 is 11.6 Å². The van der Waals surface area contributed by atoms with Gasteiger partial charge in [0.05, 0.1) is 20.3 Å². The molecule has 3 aromatic rings. The van der Waals surface area contributed by atoms with Crippen LogP contribution in [0.2, 0.25) is 5.02 Å². The Kier molecular flexibility index (Phi) is 7.59. The van der Waals surface area contributed by atoms with Crippen LogP contribution in [0.5, 0.6) is 11.5 Å². The van der Waals surface area contributed by atoms with Crippen molar-refractivity contribution in [2.45, 2.75) is 32.2 Å². The Hall–Kier alpha value is -2.98. The number of rotatable bonds is 9. The molecule has 0 heterocycles. The molecule has 162 valence electrons. The first-order chi connectivity index (χ1) is 14.9. The monoisotopic (exact) mass is 437 g/mol. The van der Waals surface area contributed by atoms with Crippen molar-refractivity contribution in [3.63, 3.8) is 0 Å². The third kappa shape index (κ3) is 5.80. The van der Waals surface area contributed by atoms with Crippen molar-refractivity contribution < 1.29 is 14.3 Å². The van der Waals surface area contributed by atoms with Crippen LogP contribution in [0.15, 0.2) is 66.7 Å². The predicted octanol–water partition coefficient (Wildman–Crippen LogP) is 6.91. The van der Waals surface area contributed by atoms with Crippen molar-refractivity contribution in [3.8, 4) is 11.5 Å². The second kappa shape index (κ2) is 10.4. The number of halogens is 1. The molecule has 4 nitrogen and oxygen atoms in total. The zero-order valence-electron chi connectivity index (χ0n) is 18.3. The molecule has 0 spiro atoms. The number of hydrogen-bond acceptors (Lipinski definition) is 4. The lowest BCUT2D eigenvalue weighted by molar-refractivity contribution is 0.0976. The van der Waals surface area contributed by atoms with Crippen LogP contribution in [-0.2, 0) is 0 Å². The molecular weight excluding hydrogens is 410 g/mol. The minimum atomic E-state index is -0.192. The maximum absolute atomic E-state index is 13.2. The smallest absolute Gasteiger partial charge is 0.165 e. The zero-order valence-corrected chi connectivity index (χ0v) is 19.1. The molecule has 3 aromatic carbocycles. The van der Waals surface area contributed by atoms with E-state index in [0.717, 1.165) is 11.3 Å². The van der Waals surface area contributed by atoms with Crippen LogP contribution in [0.25, 0.3) is 0 Å². The number of methoxy groups -OCH3 is 2. The summed E-state index contributed by atoms with van der Waals surface area (Å²) in [4.78, 5) is 13.2. The summed E-state index contributed by atoms with van der Waals surface area (Å²) in [5, 5.41) is 4.16. The zero-order chi connectivity index (χ0) is 22.4. The van der Waals surface area contributed by atoms with E-state index in [2.05, 4.69) is 43.4 Å². The van der Waals surface area contributed by atoms with Gasteiger partial charge in [-0.05, 0) is 59.5 Å². The van der Waals surface area contributed by atoms with Crippen molar-refractivity contribution in [1.29, 1.82) is 0 Å². The first-order valence-corrected chi connectivity index (χ1v) is 10.7. The SMILES string of the molecule is COc1ccc(C(=O)CC(Nc2ccc(Cl)cc2)c2ccc(C(C)C)cc2)cc1OC. The van der Waals surface area contributed by atoms with Crippen molar-refractivity contribution in [3.05, 3.63) is 88.4 Å². The highest BCUT2D eigenvalue weighted by Crippen LogP contribution is 2.31. The van der Waals surface area contributed by atoms with E-state index in [0.29, 0.717) is 34.4 Å². The molecule has 0 fully saturated rings. The number of nitrogens with one attached hydrogen (secondary N) is 1. The normalized spacial score (nSPS) is 11.8. The summed E-state index contributed by atoms with van der Waals surface area (Å²) in [6.45, 7) is 4.33. The maximum atomic E-state index is 13.2. The average molecular weight is 438 g/mol. The van der Waals surface area contributed by atoms with E-state index in [1.807, 2.05) is 24.3 Å². The molecule has 1 unspecified atom stereocenters. The van der Waals surface area contributed by atoms with Gasteiger partial charge in [0, 0.05) is 22.7 Å². The predicted molar refractivity (Wildman–Crippen MR) is 127 cm³/mol. The lowest BCUT2D eigenvalue weighted by Gasteiger charge is -2.21. The van der Waals surface area contributed by atoms with Crippen LogP contribution in [0, 0.1) is 0 Å².